The number of unbranched alkanes of at least 4 members (excludes halogenated alkanes) is 5. The zero-order chi connectivity index (χ0) is 15.9. The number of rotatable bonds is 14. The zero-order valence-electron chi connectivity index (χ0n) is 14.7. The van der Waals surface area contributed by atoms with Gasteiger partial charge < -0.3 is 16.4 Å². The van der Waals surface area contributed by atoms with Crippen LogP contribution in [0.25, 0.3) is 0 Å². The van der Waals surface area contributed by atoms with Crippen LogP contribution in [0.3, 0.4) is 0 Å². The van der Waals surface area contributed by atoms with Crippen molar-refractivity contribution >= 4 is 6.21 Å². The highest BCUT2D eigenvalue weighted by Crippen LogP contribution is 2.03. The second kappa shape index (κ2) is 14.5. The van der Waals surface area contributed by atoms with E-state index in [0.29, 0.717) is 12.1 Å². The molecule has 3 atom stereocenters. The van der Waals surface area contributed by atoms with Gasteiger partial charge in [0.25, 0.3) is 0 Å². The summed E-state index contributed by atoms with van der Waals surface area (Å²) in [5.74, 6) is 0. The van der Waals surface area contributed by atoms with E-state index in [0.717, 1.165) is 26.1 Å². The lowest BCUT2D eigenvalue weighted by Crippen LogP contribution is -2.44. The highest BCUT2D eigenvalue weighted by atomic mass is 15.0. The van der Waals surface area contributed by atoms with E-state index < -0.39 is 0 Å². The molecule has 0 bridgehead atoms. The van der Waals surface area contributed by atoms with Gasteiger partial charge in [0.2, 0.25) is 0 Å². The van der Waals surface area contributed by atoms with Crippen LogP contribution in [0, 0.1) is 0 Å². The quantitative estimate of drug-likeness (QED) is 0.341. The van der Waals surface area contributed by atoms with E-state index in [9.17, 15) is 0 Å². The predicted octanol–water partition coefficient (Wildman–Crippen LogP) is 2.72. The standard InChI is InChI=1S/C17H38N4/c1-5-6-7-8-9-10-11-19-13-16(3)21-14-17(4)20-12-15(2)18/h11,15-17,20-21H,5-10,12-14,18H2,1-4H3. The van der Waals surface area contributed by atoms with E-state index in [1.807, 2.05) is 6.92 Å². The molecule has 0 fully saturated rings. The topological polar surface area (TPSA) is 62.4 Å². The summed E-state index contributed by atoms with van der Waals surface area (Å²) in [7, 11) is 0. The van der Waals surface area contributed by atoms with Crippen molar-refractivity contribution in [2.45, 2.75) is 84.3 Å². The molecule has 4 N–H and O–H groups in total. The molecule has 0 heterocycles. The van der Waals surface area contributed by atoms with E-state index in [-0.39, 0.29) is 6.04 Å². The van der Waals surface area contributed by atoms with Gasteiger partial charge in [-0.2, -0.15) is 0 Å². The first kappa shape index (κ1) is 20.6. The van der Waals surface area contributed by atoms with Gasteiger partial charge in [0, 0.05) is 31.2 Å². The highest BCUT2D eigenvalue weighted by Gasteiger charge is 2.05. The van der Waals surface area contributed by atoms with Crippen LogP contribution in [-0.2, 0) is 0 Å². The fourth-order valence-corrected chi connectivity index (χ4v) is 2.06. The fourth-order valence-electron chi connectivity index (χ4n) is 2.06. The monoisotopic (exact) mass is 298 g/mol. The van der Waals surface area contributed by atoms with Crippen LogP contribution in [-0.4, -0.2) is 44.0 Å². The second-order valence-electron chi connectivity index (χ2n) is 6.35. The Balaban J connectivity index is 3.46. The zero-order valence-corrected chi connectivity index (χ0v) is 14.7. The number of nitrogens with zero attached hydrogens (tertiary/aromatic N) is 1. The molecule has 126 valence electrons. The summed E-state index contributed by atoms with van der Waals surface area (Å²) in [6.07, 6.45) is 9.90. The van der Waals surface area contributed by atoms with Gasteiger partial charge in [0.15, 0.2) is 0 Å². The Morgan fingerprint density at radius 2 is 1.62 bits per heavy atom. The Hall–Kier alpha value is -0.450. The Morgan fingerprint density at radius 3 is 2.29 bits per heavy atom. The maximum absolute atomic E-state index is 5.73. The Labute approximate surface area is 132 Å². The lowest BCUT2D eigenvalue weighted by atomic mass is 10.1. The molecule has 0 spiro atoms. The minimum absolute atomic E-state index is 0.215. The van der Waals surface area contributed by atoms with E-state index in [1.165, 1.54) is 32.1 Å². The smallest absolute Gasteiger partial charge is 0.0536 e. The maximum Gasteiger partial charge on any atom is 0.0536 e. The summed E-state index contributed by atoms with van der Waals surface area (Å²) in [6.45, 7) is 11.3. The van der Waals surface area contributed by atoms with Gasteiger partial charge in [0.1, 0.15) is 0 Å². The molecule has 3 unspecified atom stereocenters. The van der Waals surface area contributed by atoms with Gasteiger partial charge in [-0.05, 0) is 39.8 Å². The van der Waals surface area contributed by atoms with Crippen LogP contribution in [0.2, 0.25) is 0 Å². The highest BCUT2D eigenvalue weighted by molar-refractivity contribution is 5.56. The molecule has 0 rings (SSSR count). The third-order valence-corrected chi connectivity index (χ3v) is 3.51. The van der Waals surface area contributed by atoms with E-state index in [1.54, 1.807) is 0 Å². The SMILES string of the molecule is CCCCCCCC=NCC(C)NCC(C)NCC(C)N. The number of hydrogen-bond donors (Lipinski definition) is 3. The minimum Gasteiger partial charge on any atom is -0.327 e. The number of nitrogens with two attached hydrogens (primary N) is 1. The molecule has 0 saturated heterocycles. The summed E-state index contributed by atoms with van der Waals surface area (Å²) in [5.41, 5.74) is 5.73. The van der Waals surface area contributed by atoms with E-state index in [4.69, 9.17) is 5.73 Å². The van der Waals surface area contributed by atoms with Crippen molar-refractivity contribution < 1.29 is 0 Å². The van der Waals surface area contributed by atoms with Crippen molar-refractivity contribution in [2.24, 2.45) is 10.7 Å². The lowest BCUT2D eigenvalue weighted by molar-refractivity contribution is 0.454. The first-order valence-electron chi connectivity index (χ1n) is 8.76. The van der Waals surface area contributed by atoms with Crippen LogP contribution in [0.4, 0.5) is 0 Å². The third-order valence-electron chi connectivity index (χ3n) is 3.51. The fraction of sp³-hybridized carbons (Fsp3) is 0.941. The molecule has 0 aliphatic carbocycles. The van der Waals surface area contributed by atoms with Gasteiger partial charge in [-0.15, -0.1) is 0 Å². The summed E-state index contributed by atoms with van der Waals surface area (Å²) >= 11 is 0. The van der Waals surface area contributed by atoms with Gasteiger partial charge in [-0.25, -0.2) is 0 Å². The summed E-state index contributed by atoms with van der Waals surface area (Å²) in [5, 5.41) is 6.92. The number of hydrogen-bond acceptors (Lipinski definition) is 4. The van der Waals surface area contributed by atoms with Crippen molar-refractivity contribution in [3.63, 3.8) is 0 Å². The molecular weight excluding hydrogens is 260 g/mol. The number of aliphatic imine (C=N–C) groups is 1. The van der Waals surface area contributed by atoms with Crippen molar-refractivity contribution in [3.8, 4) is 0 Å². The van der Waals surface area contributed by atoms with E-state index in [2.05, 4.69) is 42.6 Å². The largest absolute Gasteiger partial charge is 0.327 e. The Morgan fingerprint density at radius 1 is 0.952 bits per heavy atom. The molecule has 4 nitrogen and oxygen atoms in total. The average molecular weight is 299 g/mol. The second-order valence-corrected chi connectivity index (χ2v) is 6.35. The molecular formula is C17H38N4. The molecule has 4 heteroatoms. The summed E-state index contributed by atoms with van der Waals surface area (Å²) in [4.78, 5) is 4.51. The van der Waals surface area contributed by atoms with Crippen molar-refractivity contribution in [1.29, 1.82) is 0 Å². The minimum atomic E-state index is 0.215. The van der Waals surface area contributed by atoms with Crippen molar-refractivity contribution in [3.05, 3.63) is 0 Å². The molecule has 0 radical (unpaired) electrons. The van der Waals surface area contributed by atoms with Crippen LogP contribution in [0.5, 0.6) is 0 Å². The first-order chi connectivity index (χ1) is 10.1. The van der Waals surface area contributed by atoms with E-state index >= 15 is 0 Å². The summed E-state index contributed by atoms with van der Waals surface area (Å²) < 4.78 is 0. The average Bonchev–Trinajstić information content (AvgIpc) is 2.45. The summed E-state index contributed by atoms with van der Waals surface area (Å²) in [6, 6.07) is 1.09. The molecule has 0 aliphatic heterocycles. The maximum atomic E-state index is 5.73. The molecule has 0 aromatic carbocycles. The van der Waals surface area contributed by atoms with Crippen LogP contribution >= 0.6 is 0 Å². The predicted molar refractivity (Wildman–Crippen MR) is 95.3 cm³/mol. The van der Waals surface area contributed by atoms with Crippen LogP contribution in [0.1, 0.15) is 66.2 Å². The van der Waals surface area contributed by atoms with Gasteiger partial charge in [0.05, 0.1) is 6.54 Å². The van der Waals surface area contributed by atoms with Crippen LogP contribution in [0.15, 0.2) is 4.99 Å². The molecule has 0 aromatic rings. The Bertz CT molecular complexity index is 241. The van der Waals surface area contributed by atoms with Crippen molar-refractivity contribution in [2.75, 3.05) is 19.6 Å². The van der Waals surface area contributed by atoms with Crippen molar-refractivity contribution in [1.82, 2.24) is 10.6 Å². The third kappa shape index (κ3) is 15.8. The first-order valence-corrected chi connectivity index (χ1v) is 8.76. The molecule has 0 saturated carbocycles. The molecule has 21 heavy (non-hydrogen) atoms. The van der Waals surface area contributed by atoms with Gasteiger partial charge in [-0.3, -0.25) is 4.99 Å². The van der Waals surface area contributed by atoms with Gasteiger partial charge in [-0.1, -0.05) is 32.6 Å². The lowest BCUT2D eigenvalue weighted by Gasteiger charge is -2.18. The molecule has 0 amide bonds. The van der Waals surface area contributed by atoms with Gasteiger partial charge >= 0.3 is 0 Å². The molecule has 0 aliphatic rings. The Kier molecular flexibility index (Phi) is 14.2. The van der Waals surface area contributed by atoms with Crippen LogP contribution < -0.4 is 16.4 Å². The molecule has 0 aromatic heterocycles. The normalized spacial score (nSPS) is 16.2. The number of nitrogens with one attached hydrogen (secondary N) is 2.